The molecule has 1 aliphatic rings. The molecule has 0 spiro atoms. The molecule has 1 fully saturated rings. The van der Waals surface area contributed by atoms with Crippen LogP contribution in [-0.4, -0.2) is 23.8 Å². The molecule has 1 saturated heterocycles. The van der Waals surface area contributed by atoms with Gasteiger partial charge in [-0.3, -0.25) is 0 Å². The molecule has 0 aromatic heterocycles. The lowest BCUT2D eigenvalue weighted by atomic mass is 9.79. The number of hydrogen-bond acceptors (Lipinski definition) is 2. The average molecular weight is 288 g/mol. The molecule has 0 amide bonds. The molecular formula is C14H19Cl2NO. The summed E-state index contributed by atoms with van der Waals surface area (Å²) < 4.78 is 0. The second-order valence-electron chi connectivity index (χ2n) is 5.31. The topological polar surface area (TPSA) is 32.3 Å². The molecular weight excluding hydrogens is 269 g/mol. The SMILES string of the molecule is CC(O)(Cc1cc(Cl)ccc1Cl)C1CCCNC1. The lowest BCUT2D eigenvalue weighted by Crippen LogP contribution is -2.45. The minimum absolute atomic E-state index is 0.265. The Morgan fingerprint density at radius 2 is 2.22 bits per heavy atom. The normalized spacial score (nSPS) is 23.7. The van der Waals surface area contributed by atoms with Crippen molar-refractivity contribution in [2.75, 3.05) is 13.1 Å². The van der Waals surface area contributed by atoms with Crippen LogP contribution in [0.3, 0.4) is 0 Å². The fraction of sp³-hybridized carbons (Fsp3) is 0.571. The third-order valence-corrected chi connectivity index (χ3v) is 4.34. The zero-order chi connectivity index (χ0) is 13.2. The molecule has 18 heavy (non-hydrogen) atoms. The predicted octanol–water partition coefficient (Wildman–Crippen LogP) is 3.29. The van der Waals surface area contributed by atoms with Gasteiger partial charge in [-0.1, -0.05) is 23.2 Å². The van der Waals surface area contributed by atoms with Crippen LogP contribution < -0.4 is 5.32 Å². The summed E-state index contributed by atoms with van der Waals surface area (Å²) >= 11 is 12.1. The summed E-state index contributed by atoms with van der Waals surface area (Å²) in [5.74, 6) is 0.265. The molecule has 1 aromatic carbocycles. The van der Waals surface area contributed by atoms with E-state index in [0.29, 0.717) is 16.5 Å². The van der Waals surface area contributed by atoms with Crippen molar-refractivity contribution >= 4 is 23.2 Å². The van der Waals surface area contributed by atoms with Gasteiger partial charge in [-0.05, 0) is 50.1 Å². The van der Waals surface area contributed by atoms with Gasteiger partial charge < -0.3 is 10.4 Å². The van der Waals surface area contributed by atoms with E-state index in [0.717, 1.165) is 31.5 Å². The Morgan fingerprint density at radius 1 is 1.44 bits per heavy atom. The van der Waals surface area contributed by atoms with Crippen LogP contribution in [0.4, 0.5) is 0 Å². The third kappa shape index (κ3) is 3.39. The second kappa shape index (κ2) is 5.79. The molecule has 2 unspecified atom stereocenters. The van der Waals surface area contributed by atoms with Crippen LogP contribution in [0.1, 0.15) is 25.3 Å². The van der Waals surface area contributed by atoms with E-state index in [1.165, 1.54) is 0 Å². The van der Waals surface area contributed by atoms with Crippen molar-refractivity contribution in [3.05, 3.63) is 33.8 Å². The lowest BCUT2D eigenvalue weighted by Gasteiger charge is -2.36. The van der Waals surface area contributed by atoms with Gasteiger partial charge in [-0.2, -0.15) is 0 Å². The first kappa shape index (κ1) is 14.1. The van der Waals surface area contributed by atoms with E-state index in [1.54, 1.807) is 12.1 Å². The number of hydrogen-bond donors (Lipinski definition) is 2. The largest absolute Gasteiger partial charge is 0.389 e. The number of halogens is 2. The highest BCUT2D eigenvalue weighted by molar-refractivity contribution is 6.33. The highest BCUT2D eigenvalue weighted by Crippen LogP contribution is 2.31. The van der Waals surface area contributed by atoms with Crippen molar-refractivity contribution in [3.8, 4) is 0 Å². The molecule has 0 radical (unpaired) electrons. The van der Waals surface area contributed by atoms with Crippen molar-refractivity contribution in [2.45, 2.75) is 31.8 Å². The van der Waals surface area contributed by atoms with Gasteiger partial charge in [0.05, 0.1) is 5.60 Å². The Bertz CT molecular complexity index is 414. The van der Waals surface area contributed by atoms with Gasteiger partial charge in [0.25, 0.3) is 0 Å². The summed E-state index contributed by atoms with van der Waals surface area (Å²) in [4.78, 5) is 0. The van der Waals surface area contributed by atoms with E-state index in [2.05, 4.69) is 5.32 Å². The van der Waals surface area contributed by atoms with E-state index >= 15 is 0 Å². The van der Waals surface area contributed by atoms with Crippen molar-refractivity contribution in [2.24, 2.45) is 5.92 Å². The first-order valence-corrected chi connectivity index (χ1v) is 7.11. The Morgan fingerprint density at radius 3 is 2.89 bits per heavy atom. The minimum Gasteiger partial charge on any atom is -0.389 e. The van der Waals surface area contributed by atoms with Gasteiger partial charge >= 0.3 is 0 Å². The van der Waals surface area contributed by atoms with Gasteiger partial charge in [0.1, 0.15) is 0 Å². The molecule has 2 atom stereocenters. The molecule has 2 nitrogen and oxygen atoms in total. The van der Waals surface area contributed by atoms with E-state index in [9.17, 15) is 5.11 Å². The summed E-state index contributed by atoms with van der Waals surface area (Å²) in [7, 11) is 0. The Labute approximate surface area is 118 Å². The van der Waals surface area contributed by atoms with Crippen molar-refractivity contribution in [3.63, 3.8) is 0 Å². The monoisotopic (exact) mass is 287 g/mol. The molecule has 0 bridgehead atoms. The minimum atomic E-state index is -0.748. The van der Waals surface area contributed by atoms with Crippen LogP contribution in [0.15, 0.2) is 18.2 Å². The molecule has 4 heteroatoms. The Hall–Kier alpha value is -0.280. The highest BCUT2D eigenvalue weighted by Gasteiger charge is 2.33. The zero-order valence-electron chi connectivity index (χ0n) is 10.5. The maximum absolute atomic E-state index is 10.7. The smallest absolute Gasteiger partial charge is 0.0700 e. The van der Waals surface area contributed by atoms with Crippen LogP contribution >= 0.6 is 23.2 Å². The Balaban J connectivity index is 2.13. The van der Waals surface area contributed by atoms with Crippen molar-refractivity contribution < 1.29 is 5.11 Å². The quantitative estimate of drug-likeness (QED) is 0.894. The lowest BCUT2D eigenvalue weighted by molar-refractivity contribution is -0.0102. The molecule has 0 saturated carbocycles. The maximum Gasteiger partial charge on any atom is 0.0700 e. The van der Waals surface area contributed by atoms with E-state index in [4.69, 9.17) is 23.2 Å². The first-order valence-electron chi connectivity index (χ1n) is 6.36. The van der Waals surface area contributed by atoms with E-state index in [1.807, 2.05) is 13.0 Å². The average Bonchev–Trinajstić information content (AvgIpc) is 2.35. The van der Waals surface area contributed by atoms with E-state index < -0.39 is 5.60 Å². The number of rotatable bonds is 3. The van der Waals surface area contributed by atoms with Gasteiger partial charge in [0, 0.05) is 28.9 Å². The fourth-order valence-electron chi connectivity index (χ4n) is 2.59. The zero-order valence-corrected chi connectivity index (χ0v) is 12.1. The second-order valence-corrected chi connectivity index (χ2v) is 6.16. The summed E-state index contributed by atoms with van der Waals surface area (Å²) in [6.45, 7) is 3.80. The van der Waals surface area contributed by atoms with Crippen LogP contribution in [0.25, 0.3) is 0 Å². The van der Waals surface area contributed by atoms with Gasteiger partial charge in [-0.15, -0.1) is 0 Å². The summed E-state index contributed by atoms with van der Waals surface area (Å²) in [5, 5.41) is 15.3. The Kier molecular flexibility index (Phi) is 4.54. The first-order chi connectivity index (χ1) is 8.49. The number of aliphatic hydroxyl groups is 1. The molecule has 100 valence electrons. The molecule has 0 aliphatic carbocycles. The third-order valence-electron chi connectivity index (χ3n) is 3.73. The summed E-state index contributed by atoms with van der Waals surface area (Å²) in [5.41, 5.74) is 0.168. The molecule has 1 aliphatic heterocycles. The molecule has 2 rings (SSSR count). The fourth-order valence-corrected chi connectivity index (χ4v) is 2.97. The summed E-state index contributed by atoms with van der Waals surface area (Å²) in [6, 6.07) is 5.40. The highest BCUT2D eigenvalue weighted by atomic mass is 35.5. The van der Waals surface area contributed by atoms with Crippen LogP contribution in [0.2, 0.25) is 10.0 Å². The summed E-state index contributed by atoms with van der Waals surface area (Å²) in [6.07, 6.45) is 2.71. The van der Waals surface area contributed by atoms with Crippen molar-refractivity contribution in [1.29, 1.82) is 0 Å². The standard InChI is InChI=1S/C14H19Cl2NO/c1-14(18,11-3-2-6-17-9-11)8-10-7-12(15)4-5-13(10)16/h4-5,7,11,17-18H,2-3,6,8-9H2,1H3. The van der Waals surface area contributed by atoms with Gasteiger partial charge in [0.2, 0.25) is 0 Å². The molecule has 1 aromatic rings. The molecule has 2 N–H and O–H groups in total. The van der Waals surface area contributed by atoms with Crippen LogP contribution in [0, 0.1) is 5.92 Å². The molecule has 1 heterocycles. The van der Waals surface area contributed by atoms with Crippen LogP contribution in [0.5, 0.6) is 0 Å². The number of nitrogens with one attached hydrogen (secondary N) is 1. The van der Waals surface area contributed by atoms with E-state index in [-0.39, 0.29) is 5.92 Å². The maximum atomic E-state index is 10.7. The number of benzene rings is 1. The van der Waals surface area contributed by atoms with Gasteiger partial charge in [0.15, 0.2) is 0 Å². The predicted molar refractivity (Wildman–Crippen MR) is 76.4 cm³/mol. The number of piperidine rings is 1. The van der Waals surface area contributed by atoms with Crippen molar-refractivity contribution in [1.82, 2.24) is 5.32 Å². The van der Waals surface area contributed by atoms with Crippen LogP contribution in [-0.2, 0) is 6.42 Å². The van der Waals surface area contributed by atoms with Gasteiger partial charge in [-0.25, -0.2) is 0 Å².